The van der Waals surface area contributed by atoms with E-state index >= 15 is 0 Å². The second-order valence-corrected chi connectivity index (χ2v) is 10.4. The third-order valence-electron chi connectivity index (χ3n) is 5.58. The van der Waals surface area contributed by atoms with Crippen LogP contribution in [0, 0.1) is 3.63 Å². The van der Waals surface area contributed by atoms with Crippen LogP contribution < -0.4 is 4.90 Å². The molecule has 3 heterocycles. The van der Waals surface area contributed by atoms with Crippen LogP contribution in [0.5, 0.6) is 0 Å². The predicted molar refractivity (Wildman–Crippen MR) is 117 cm³/mol. The number of pyridine rings is 1. The van der Waals surface area contributed by atoms with E-state index in [1.54, 1.807) is 0 Å². The number of rotatable bonds is 4. The summed E-state index contributed by atoms with van der Waals surface area (Å²) in [6.45, 7) is 12.5. The SMILES string of the molecule is CC(C)c1cccc(C(C)C)c1-n1cc2cccc(N3CCOCC3)n2[c]1=[Au][Cl]. The first-order valence-corrected chi connectivity index (χ1v) is 14.0. The molecule has 1 fully saturated rings. The second kappa shape index (κ2) is 8.83. The molecular weight excluding hydrogens is 567 g/mol. The molecular formula is C23H29AuClN3O. The summed E-state index contributed by atoms with van der Waals surface area (Å²) in [4.78, 5) is 2.41. The molecule has 3 aromatic rings. The van der Waals surface area contributed by atoms with E-state index in [1.807, 2.05) is 0 Å². The van der Waals surface area contributed by atoms with Gasteiger partial charge in [0.05, 0.1) is 0 Å². The van der Waals surface area contributed by atoms with Crippen molar-refractivity contribution in [2.45, 2.75) is 39.5 Å². The molecule has 1 aliphatic heterocycles. The number of halogens is 1. The van der Waals surface area contributed by atoms with Gasteiger partial charge in [-0.25, -0.2) is 0 Å². The van der Waals surface area contributed by atoms with E-state index in [4.69, 9.17) is 13.9 Å². The average molecular weight is 596 g/mol. The Labute approximate surface area is 185 Å². The number of hydrogen-bond donors (Lipinski definition) is 0. The van der Waals surface area contributed by atoms with Crippen LogP contribution in [-0.2, 0) is 22.9 Å². The van der Waals surface area contributed by atoms with Gasteiger partial charge in [-0.05, 0) is 0 Å². The Hall–Kier alpha value is -1.30. The van der Waals surface area contributed by atoms with E-state index in [0.29, 0.717) is 11.8 Å². The average Bonchev–Trinajstić information content (AvgIpc) is 3.12. The molecule has 160 valence electrons. The second-order valence-electron chi connectivity index (χ2n) is 8.13. The van der Waals surface area contributed by atoms with Crippen LogP contribution in [-0.4, -0.2) is 35.3 Å². The third-order valence-corrected chi connectivity index (χ3v) is 7.79. The summed E-state index contributed by atoms with van der Waals surface area (Å²) in [5.74, 6) is 2.10. The van der Waals surface area contributed by atoms with Gasteiger partial charge >= 0.3 is 186 Å². The summed E-state index contributed by atoms with van der Waals surface area (Å²) in [5.41, 5.74) is 5.24. The van der Waals surface area contributed by atoms with Gasteiger partial charge in [-0.3, -0.25) is 0 Å². The van der Waals surface area contributed by atoms with Crippen LogP contribution in [0.1, 0.15) is 50.7 Å². The number of benzene rings is 1. The molecule has 1 saturated heterocycles. The third kappa shape index (κ3) is 3.89. The molecule has 4 rings (SSSR count). The van der Waals surface area contributed by atoms with E-state index in [2.05, 4.69) is 84.2 Å². The van der Waals surface area contributed by atoms with Crippen molar-refractivity contribution in [2.24, 2.45) is 0 Å². The molecule has 1 aromatic carbocycles. The Morgan fingerprint density at radius 1 is 0.931 bits per heavy atom. The van der Waals surface area contributed by atoms with Gasteiger partial charge in [0.25, 0.3) is 0 Å². The molecule has 0 aliphatic carbocycles. The van der Waals surface area contributed by atoms with Crippen LogP contribution in [0.3, 0.4) is 0 Å². The molecule has 1 aliphatic rings. The van der Waals surface area contributed by atoms with Gasteiger partial charge in [-0.15, -0.1) is 0 Å². The van der Waals surface area contributed by atoms with Crippen molar-refractivity contribution in [3.8, 4) is 5.69 Å². The van der Waals surface area contributed by atoms with Crippen molar-refractivity contribution in [3.05, 3.63) is 57.4 Å². The van der Waals surface area contributed by atoms with E-state index < -0.39 is 18.2 Å². The number of morpholine rings is 1. The zero-order valence-corrected chi connectivity index (χ0v) is 20.4. The molecule has 0 radical (unpaired) electrons. The maximum absolute atomic E-state index is 6.69. The van der Waals surface area contributed by atoms with E-state index in [9.17, 15) is 0 Å². The minimum absolute atomic E-state index is 0.442. The summed E-state index contributed by atoms with van der Waals surface area (Å²) < 4.78 is 11.5. The fraction of sp³-hybridized carbons (Fsp3) is 0.435. The molecule has 0 saturated carbocycles. The van der Waals surface area contributed by atoms with Crippen molar-refractivity contribution in [2.75, 3.05) is 31.2 Å². The van der Waals surface area contributed by atoms with Gasteiger partial charge in [0.1, 0.15) is 0 Å². The van der Waals surface area contributed by atoms with E-state index in [-0.39, 0.29) is 0 Å². The number of nitrogens with zero attached hydrogens (tertiary/aromatic N) is 3. The normalized spacial score (nSPS) is 16.4. The molecule has 0 bridgehead atoms. The Morgan fingerprint density at radius 2 is 1.55 bits per heavy atom. The van der Waals surface area contributed by atoms with Crippen LogP contribution in [0.2, 0.25) is 0 Å². The summed E-state index contributed by atoms with van der Waals surface area (Å²) in [5, 5.41) is 0. The fourth-order valence-electron chi connectivity index (χ4n) is 4.12. The zero-order valence-electron chi connectivity index (χ0n) is 17.5. The molecule has 2 aromatic heterocycles. The van der Waals surface area contributed by atoms with Crippen LogP contribution in [0.4, 0.5) is 5.82 Å². The van der Waals surface area contributed by atoms with E-state index in [0.717, 1.165) is 26.3 Å². The first-order chi connectivity index (χ1) is 14.0. The van der Waals surface area contributed by atoms with Gasteiger partial charge in [0, 0.05) is 0 Å². The number of fused-ring (bicyclic) bond motifs is 1. The van der Waals surface area contributed by atoms with Crippen molar-refractivity contribution in [1.29, 1.82) is 0 Å². The number of para-hydroxylation sites is 1. The first-order valence-electron chi connectivity index (χ1n) is 10.2. The van der Waals surface area contributed by atoms with Crippen molar-refractivity contribution < 1.29 is 22.9 Å². The fourth-order valence-corrected chi connectivity index (χ4v) is 6.27. The Balaban J connectivity index is 2.02. The number of ether oxygens (including phenoxy) is 1. The Kier molecular flexibility index (Phi) is 6.38. The van der Waals surface area contributed by atoms with Gasteiger partial charge in [-0.2, -0.15) is 0 Å². The van der Waals surface area contributed by atoms with Gasteiger partial charge in [0.15, 0.2) is 0 Å². The summed E-state index contributed by atoms with van der Waals surface area (Å²) in [6.07, 6.45) is 2.27. The van der Waals surface area contributed by atoms with Crippen molar-refractivity contribution in [1.82, 2.24) is 8.97 Å². The number of aromatic nitrogens is 2. The van der Waals surface area contributed by atoms with Gasteiger partial charge in [-0.1, -0.05) is 0 Å². The maximum atomic E-state index is 6.69. The van der Waals surface area contributed by atoms with Gasteiger partial charge in [0.2, 0.25) is 0 Å². The molecule has 0 unspecified atom stereocenters. The van der Waals surface area contributed by atoms with Crippen molar-refractivity contribution in [3.63, 3.8) is 0 Å². The molecule has 29 heavy (non-hydrogen) atoms. The summed E-state index contributed by atoms with van der Waals surface area (Å²) in [7, 11) is 6.69. The van der Waals surface area contributed by atoms with Crippen LogP contribution in [0.15, 0.2) is 42.6 Å². The number of anilines is 1. The quantitative estimate of drug-likeness (QED) is 0.368. The van der Waals surface area contributed by atoms with Crippen LogP contribution in [0.25, 0.3) is 11.2 Å². The predicted octanol–water partition coefficient (Wildman–Crippen LogP) is 5.58. The van der Waals surface area contributed by atoms with E-state index in [1.165, 1.54) is 31.8 Å². The molecule has 0 amide bonds. The monoisotopic (exact) mass is 595 g/mol. The number of imidazole rings is 1. The molecule has 0 spiro atoms. The molecule has 0 atom stereocenters. The van der Waals surface area contributed by atoms with Crippen LogP contribution >= 0.6 is 9.19 Å². The summed E-state index contributed by atoms with van der Waals surface area (Å²) >= 11 is -0.538. The first kappa shape index (κ1) is 21.0. The van der Waals surface area contributed by atoms with Gasteiger partial charge < -0.3 is 0 Å². The van der Waals surface area contributed by atoms with Crippen molar-refractivity contribution >= 4 is 20.5 Å². The summed E-state index contributed by atoms with van der Waals surface area (Å²) in [6, 6.07) is 13.3. The Morgan fingerprint density at radius 3 is 2.14 bits per heavy atom. The minimum atomic E-state index is -0.538. The number of hydrogen-bond acceptors (Lipinski definition) is 2. The molecule has 6 heteroatoms. The Bertz CT molecular complexity index is 1050. The zero-order chi connectivity index (χ0) is 20.5. The molecule has 0 N–H and O–H groups in total. The topological polar surface area (TPSA) is 21.8 Å². The molecule has 4 nitrogen and oxygen atoms in total. The standard InChI is InChI=1S/C23H29N3O.Au.ClH/c1-17(2)20-8-6-9-21(18(3)4)23(20)25-15-19-7-5-10-22(26(19)16-25)24-11-13-27-14-12-24;;/h5-10,15,17-18H,11-14H2,1-4H3;;1H/q;+1;/p-1.